The van der Waals surface area contributed by atoms with Crippen LogP contribution in [0, 0.1) is 33.5 Å². The van der Waals surface area contributed by atoms with Gasteiger partial charge in [0.15, 0.2) is 0 Å². The number of aromatic nitrogens is 2. The van der Waals surface area contributed by atoms with Crippen LogP contribution in [0.5, 0.6) is 0 Å². The SMILES string of the molecule is Cc1ccc(-c2noc(-c3c(F)cc(C)c(C)c3C)n2)cc1C(=O)O. The lowest BCUT2D eigenvalue weighted by molar-refractivity contribution is 0.0696. The quantitative estimate of drug-likeness (QED) is 0.761. The summed E-state index contributed by atoms with van der Waals surface area (Å²) < 4.78 is 19.6. The molecule has 0 amide bonds. The van der Waals surface area contributed by atoms with Crippen LogP contribution in [0.4, 0.5) is 4.39 Å². The molecule has 0 saturated carbocycles. The van der Waals surface area contributed by atoms with Gasteiger partial charge in [0.1, 0.15) is 5.82 Å². The Labute approximate surface area is 144 Å². The number of hydrogen-bond donors (Lipinski definition) is 1. The molecule has 128 valence electrons. The topological polar surface area (TPSA) is 76.2 Å². The fourth-order valence-electron chi connectivity index (χ4n) is 2.73. The summed E-state index contributed by atoms with van der Waals surface area (Å²) in [5.41, 5.74) is 4.12. The highest BCUT2D eigenvalue weighted by Gasteiger charge is 2.20. The molecule has 0 spiro atoms. The normalized spacial score (nSPS) is 10.9. The smallest absolute Gasteiger partial charge is 0.335 e. The lowest BCUT2D eigenvalue weighted by Gasteiger charge is -2.09. The molecular formula is C19H17FN2O3. The molecule has 0 atom stereocenters. The first-order valence-electron chi connectivity index (χ1n) is 7.74. The molecule has 0 unspecified atom stereocenters. The van der Waals surface area contributed by atoms with Gasteiger partial charge < -0.3 is 9.63 Å². The predicted molar refractivity (Wildman–Crippen MR) is 91.0 cm³/mol. The van der Waals surface area contributed by atoms with Crippen molar-refractivity contribution < 1.29 is 18.8 Å². The third kappa shape index (κ3) is 2.91. The van der Waals surface area contributed by atoms with Crippen molar-refractivity contribution in [3.63, 3.8) is 0 Å². The standard InChI is InChI=1S/C19H17FN2O3/c1-9-5-6-13(8-14(9)19(23)24)17-21-18(25-22-17)16-12(4)11(3)10(2)7-15(16)20/h5-8H,1-4H3,(H,23,24). The van der Waals surface area contributed by atoms with Crippen molar-refractivity contribution in [2.24, 2.45) is 0 Å². The maximum Gasteiger partial charge on any atom is 0.335 e. The van der Waals surface area contributed by atoms with Gasteiger partial charge in [-0.15, -0.1) is 0 Å². The molecule has 2 aromatic carbocycles. The maximum atomic E-state index is 14.4. The summed E-state index contributed by atoms with van der Waals surface area (Å²) in [6.45, 7) is 7.26. The molecular weight excluding hydrogens is 323 g/mol. The van der Waals surface area contributed by atoms with Crippen LogP contribution in [-0.2, 0) is 0 Å². The number of carboxylic acid groups (broad SMARTS) is 1. The third-order valence-corrected chi connectivity index (χ3v) is 4.48. The zero-order valence-electron chi connectivity index (χ0n) is 14.3. The summed E-state index contributed by atoms with van der Waals surface area (Å²) in [4.78, 5) is 15.5. The zero-order chi connectivity index (χ0) is 18.3. The van der Waals surface area contributed by atoms with E-state index in [4.69, 9.17) is 4.52 Å². The number of aryl methyl sites for hydroxylation is 2. The molecule has 0 bridgehead atoms. The monoisotopic (exact) mass is 340 g/mol. The van der Waals surface area contributed by atoms with Crippen molar-refractivity contribution >= 4 is 5.97 Å². The van der Waals surface area contributed by atoms with E-state index in [9.17, 15) is 14.3 Å². The predicted octanol–water partition coefficient (Wildman–Crippen LogP) is 4.47. The van der Waals surface area contributed by atoms with E-state index in [-0.39, 0.29) is 22.8 Å². The van der Waals surface area contributed by atoms with Crippen molar-refractivity contribution in [2.45, 2.75) is 27.7 Å². The molecule has 25 heavy (non-hydrogen) atoms. The summed E-state index contributed by atoms with van der Waals surface area (Å²) >= 11 is 0. The fraction of sp³-hybridized carbons (Fsp3) is 0.211. The van der Waals surface area contributed by atoms with Crippen LogP contribution in [0.3, 0.4) is 0 Å². The Morgan fingerprint density at radius 3 is 2.48 bits per heavy atom. The molecule has 0 saturated heterocycles. The van der Waals surface area contributed by atoms with Gasteiger partial charge in [-0.25, -0.2) is 9.18 Å². The van der Waals surface area contributed by atoms with Gasteiger partial charge in [-0.1, -0.05) is 17.3 Å². The summed E-state index contributed by atoms with van der Waals surface area (Å²) in [6.07, 6.45) is 0. The number of carbonyl (C=O) groups is 1. The molecule has 1 heterocycles. The Hall–Kier alpha value is -3.02. The van der Waals surface area contributed by atoms with Gasteiger partial charge in [0.2, 0.25) is 5.82 Å². The van der Waals surface area contributed by atoms with Crippen LogP contribution < -0.4 is 0 Å². The second-order valence-corrected chi connectivity index (χ2v) is 6.06. The summed E-state index contributed by atoms with van der Waals surface area (Å²) in [7, 11) is 0. The molecule has 6 heteroatoms. The third-order valence-electron chi connectivity index (χ3n) is 4.48. The summed E-state index contributed by atoms with van der Waals surface area (Å²) in [6, 6.07) is 6.31. The molecule has 5 nitrogen and oxygen atoms in total. The van der Waals surface area contributed by atoms with E-state index in [0.29, 0.717) is 11.1 Å². The number of aromatic carboxylic acids is 1. The van der Waals surface area contributed by atoms with Crippen molar-refractivity contribution in [2.75, 3.05) is 0 Å². The Balaban J connectivity index is 2.09. The molecule has 3 rings (SSSR count). The number of benzene rings is 2. The Morgan fingerprint density at radius 2 is 1.80 bits per heavy atom. The first kappa shape index (κ1) is 16.8. The highest BCUT2D eigenvalue weighted by Crippen LogP contribution is 2.31. The van der Waals surface area contributed by atoms with Crippen LogP contribution in [0.25, 0.3) is 22.8 Å². The zero-order valence-corrected chi connectivity index (χ0v) is 14.3. The molecule has 1 N–H and O–H groups in total. The highest BCUT2D eigenvalue weighted by molar-refractivity contribution is 5.90. The largest absolute Gasteiger partial charge is 0.478 e. The maximum absolute atomic E-state index is 14.4. The Bertz CT molecular complexity index is 993. The van der Waals surface area contributed by atoms with E-state index in [0.717, 1.165) is 16.7 Å². The van der Waals surface area contributed by atoms with Gasteiger partial charge in [0.25, 0.3) is 5.89 Å². The van der Waals surface area contributed by atoms with E-state index in [1.165, 1.54) is 12.1 Å². The van der Waals surface area contributed by atoms with Crippen LogP contribution in [-0.4, -0.2) is 21.2 Å². The van der Waals surface area contributed by atoms with Crippen LogP contribution >= 0.6 is 0 Å². The van der Waals surface area contributed by atoms with E-state index in [1.54, 1.807) is 26.0 Å². The van der Waals surface area contributed by atoms with E-state index in [1.807, 2.05) is 13.8 Å². The number of rotatable bonds is 3. The summed E-state index contributed by atoms with van der Waals surface area (Å²) in [5.74, 6) is -1.16. The molecule has 0 aliphatic heterocycles. The molecule has 0 fully saturated rings. The lowest BCUT2D eigenvalue weighted by atomic mass is 9.98. The Kier molecular flexibility index (Phi) is 4.12. The van der Waals surface area contributed by atoms with Gasteiger partial charge in [-0.05, 0) is 62.1 Å². The van der Waals surface area contributed by atoms with Gasteiger partial charge in [0, 0.05) is 5.56 Å². The first-order valence-corrected chi connectivity index (χ1v) is 7.74. The summed E-state index contributed by atoms with van der Waals surface area (Å²) in [5, 5.41) is 13.1. The van der Waals surface area contributed by atoms with Gasteiger partial charge >= 0.3 is 5.97 Å². The fourth-order valence-corrected chi connectivity index (χ4v) is 2.73. The number of carboxylic acids is 1. The van der Waals surface area contributed by atoms with Crippen LogP contribution in [0.2, 0.25) is 0 Å². The van der Waals surface area contributed by atoms with Crippen molar-refractivity contribution in [3.05, 3.63) is 57.9 Å². The molecule has 0 radical (unpaired) electrons. The Morgan fingerprint density at radius 1 is 1.08 bits per heavy atom. The second kappa shape index (κ2) is 6.12. The molecule has 0 aliphatic carbocycles. The average molecular weight is 340 g/mol. The van der Waals surface area contributed by atoms with Crippen LogP contribution in [0.1, 0.15) is 32.6 Å². The highest BCUT2D eigenvalue weighted by atomic mass is 19.1. The molecule has 3 aromatic rings. The van der Waals surface area contributed by atoms with E-state index >= 15 is 0 Å². The number of hydrogen-bond acceptors (Lipinski definition) is 4. The minimum atomic E-state index is -1.03. The van der Waals surface area contributed by atoms with Gasteiger partial charge in [0.05, 0.1) is 11.1 Å². The van der Waals surface area contributed by atoms with E-state index < -0.39 is 11.8 Å². The molecule has 1 aromatic heterocycles. The number of nitrogens with zero attached hydrogens (tertiary/aromatic N) is 2. The van der Waals surface area contributed by atoms with Crippen LogP contribution in [0.15, 0.2) is 28.8 Å². The lowest BCUT2D eigenvalue weighted by Crippen LogP contribution is -2.00. The van der Waals surface area contributed by atoms with Crippen molar-refractivity contribution in [1.29, 1.82) is 0 Å². The van der Waals surface area contributed by atoms with Crippen molar-refractivity contribution in [1.82, 2.24) is 10.1 Å². The number of halogens is 1. The van der Waals surface area contributed by atoms with Gasteiger partial charge in [-0.2, -0.15) is 4.98 Å². The first-order chi connectivity index (χ1) is 11.8. The minimum absolute atomic E-state index is 0.0746. The average Bonchev–Trinajstić information content (AvgIpc) is 3.02. The minimum Gasteiger partial charge on any atom is -0.478 e. The molecule has 0 aliphatic rings. The van der Waals surface area contributed by atoms with Gasteiger partial charge in [-0.3, -0.25) is 0 Å². The van der Waals surface area contributed by atoms with E-state index in [2.05, 4.69) is 10.1 Å². The van der Waals surface area contributed by atoms with Crippen molar-refractivity contribution in [3.8, 4) is 22.8 Å². The second-order valence-electron chi connectivity index (χ2n) is 6.06.